The normalized spacial score (nSPS) is 18.1. The highest BCUT2D eigenvalue weighted by atomic mass is 32.2. The number of ether oxygens (including phenoxy) is 1. The lowest BCUT2D eigenvalue weighted by atomic mass is 10.3. The van der Waals surface area contributed by atoms with E-state index in [1.165, 1.54) is 18.0 Å². The van der Waals surface area contributed by atoms with Gasteiger partial charge in [-0.05, 0) is 19.1 Å². The third-order valence-corrected chi connectivity index (χ3v) is 4.95. The molecule has 1 N–H and O–H groups in total. The molecule has 0 spiro atoms. The summed E-state index contributed by atoms with van der Waals surface area (Å²) in [5, 5.41) is 11.4. The number of thioether (sulfide) groups is 2. The molecule has 0 saturated carbocycles. The molecule has 2 rings (SSSR count). The second kappa shape index (κ2) is 7.24. The average Bonchev–Trinajstić information content (AvgIpc) is 2.99. The summed E-state index contributed by atoms with van der Waals surface area (Å²) < 4.78 is 10.6. The molecular formula is C13H12N2O4S2. The molecule has 110 valence electrons. The summed E-state index contributed by atoms with van der Waals surface area (Å²) in [6.45, 7) is 2.02. The van der Waals surface area contributed by atoms with Gasteiger partial charge in [-0.25, -0.2) is 0 Å². The Hall–Kier alpha value is -1.85. The topological polar surface area (TPSA) is 92.3 Å². The van der Waals surface area contributed by atoms with Crippen molar-refractivity contribution in [1.82, 2.24) is 5.32 Å². The zero-order chi connectivity index (χ0) is 15.2. The van der Waals surface area contributed by atoms with Crippen molar-refractivity contribution in [3.05, 3.63) is 34.0 Å². The molecule has 0 saturated heterocycles. The summed E-state index contributed by atoms with van der Waals surface area (Å²) in [6.07, 6.45) is 1.51. The van der Waals surface area contributed by atoms with Gasteiger partial charge in [0.15, 0.2) is 0 Å². The van der Waals surface area contributed by atoms with Crippen LogP contribution in [-0.2, 0) is 14.3 Å². The van der Waals surface area contributed by atoms with Gasteiger partial charge >= 0.3 is 5.97 Å². The van der Waals surface area contributed by atoms with Crippen LogP contribution in [0, 0.1) is 11.3 Å². The Morgan fingerprint density at radius 1 is 1.67 bits per heavy atom. The summed E-state index contributed by atoms with van der Waals surface area (Å²) in [7, 11) is 0. The Bertz CT molecular complexity index is 604. The van der Waals surface area contributed by atoms with Crippen molar-refractivity contribution in [2.45, 2.75) is 12.3 Å². The van der Waals surface area contributed by atoms with Crippen LogP contribution in [0.15, 0.2) is 32.6 Å². The van der Waals surface area contributed by atoms with Crippen LogP contribution in [0.5, 0.6) is 0 Å². The first-order chi connectivity index (χ1) is 10.2. The molecule has 6 nitrogen and oxygen atoms in total. The van der Waals surface area contributed by atoms with Gasteiger partial charge in [0.25, 0.3) is 5.91 Å². The van der Waals surface area contributed by atoms with Gasteiger partial charge in [0.2, 0.25) is 0 Å². The third kappa shape index (κ3) is 3.83. The minimum atomic E-state index is -0.469. The van der Waals surface area contributed by atoms with E-state index in [4.69, 9.17) is 14.4 Å². The van der Waals surface area contributed by atoms with Crippen LogP contribution in [0.2, 0.25) is 0 Å². The number of hydrogen-bond acceptors (Lipinski definition) is 7. The molecule has 1 aliphatic heterocycles. The Kier molecular flexibility index (Phi) is 5.36. The van der Waals surface area contributed by atoms with E-state index >= 15 is 0 Å². The van der Waals surface area contributed by atoms with Gasteiger partial charge in [-0.1, -0.05) is 11.8 Å². The van der Waals surface area contributed by atoms with Crippen LogP contribution in [0.1, 0.15) is 18.1 Å². The number of carbonyl (C=O) groups is 2. The molecule has 0 fully saturated rings. The monoisotopic (exact) mass is 324 g/mol. The number of nitrogens with one attached hydrogen (secondary N) is 1. The van der Waals surface area contributed by atoms with Gasteiger partial charge in [0.05, 0.1) is 22.9 Å². The molecule has 1 aliphatic rings. The van der Waals surface area contributed by atoms with Crippen molar-refractivity contribution >= 4 is 35.4 Å². The summed E-state index contributed by atoms with van der Waals surface area (Å²) in [5.74, 6) is -0.212. The summed E-state index contributed by atoms with van der Waals surface area (Å²) in [6, 6.07) is 5.33. The zero-order valence-electron chi connectivity index (χ0n) is 11.1. The van der Waals surface area contributed by atoms with E-state index in [-0.39, 0.29) is 17.3 Å². The van der Waals surface area contributed by atoms with E-state index in [0.717, 1.165) is 11.8 Å². The van der Waals surface area contributed by atoms with Crippen molar-refractivity contribution in [3.8, 4) is 6.07 Å². The summed E-state index contributed by atoms with van der Waals surface area (Å²) >= 11 is 2.40. The second-order valence-corrected chi connectivity index (χ2v) is 6.21. The van der Waals surface area contributed by atoms with Crippen LogP contribution < -0.4 is 5.32 Å². The molecule has 21 heavy (non-hydrogen) atoms. The predicted octanol–water partition coefficient (Wildman–Crippen LogP) is 2.17. The summed E-state index contributed by atoms with van der Waals surface area (Å²) in [4.78, 5) is 23.3. The number of nitrogens with zero attached hydrogens (tertiary/aromatic N) is 1. The van der Waals surface area contributed by atoms with E-state index in [2.05, 4.69) is 5.32 Å². The molecule has 0 aromatic carbocycles. The fraction of sp³-hybridized carbons (Fsp3) is 0.308. The lowest BCUT2D eigenvalue weighted by molar-refractivity contribution is -0.139. The molecule has 0 radical (unpaired) electrons. The van der Waals surface area contributed by atoms with Crippen molar-refractivity contribution in [2.75, 3.05) is 12.4 Å². The zero-order valence-corrected chi connectivity index (χ0v) is 12.8. The van der Waals surface area contributed by atoms with Crippen molar-refractivity contribution in [3.63, 3.8) is 0 Å². The minimum absolute atomic E-state index is 0.0112. The lowest BCUT2D eigenvalue weighted by Gasteiger charge is -2.23. The molecule has 1 aromatic heterocycles. The van der Waals surface area contributed by atoms with Gasteiger partial charge in [-0.2, -0.15) is 5.26 Å². The maximum atomic E-state index is 11.9. The first-order valence-corrected chi connectivity index (χ1v) is 7.96. The number of nitriles is 1. The first kappa shape index (κ1) is 15.5. The maximum absolute atomic E-state index is 11.9. The standard InChI is InChI=1S/C13H12N2O4S2/c1-2-18-10(16)7-20-13-8(6-14)11(17)15-12(21-13)9-4-3-5-19-9/h3-5,12H,2,7H2,1H3,(H,15,17)/t12-/m1/s1. The fourth-order valence-corrected chi connectivity index (χ4v) is 3.82. The molecule has 0 bridgehead atoms. The van der Waals surface area contributed by atoms with Gasteiger partial charge in [-0.3, -0.25) is 9.59 Å². The molecule has 8 heteroatoms. The maximum Gasteiger partial charge on any atom is 0.316 e. The van der Waals surface area contributed by atoms with Crippen LogP contribution in [0.3, 0.4) is 0 Å². The number of carbonyl (C=O) groups excluding carboxylic acids is 2. The van der Waals surface area contributed by atoms with Crippen molar-refractivity contribution < 1.29 is 18.7 Å². The predicted molar refractivity (Wildman–Crippen MR) is 78.9 cm³/mol. The highest BCUT2D eigenvalue weighted by Gasteiger charge is 2.30. The molecular weight excluding hydrogens is 312 g/mol. The van der Waals surface area contributed by atoms with Crippen LogP contribution in [0.4, 0.5) is 0 Å². The third-order valence-electron chi connectivity index (χ3n) is 2.46. The van der Waals surface area contributed by atoms with Crippen LogP contribution in [0.25, 0.3) is 0 Å². The largest absolute Gasteiger partial charge is 0.466 e. The Morgan fingerprint density at radius 2 is 2.48 bits per heavy atom. The van der Waals surface area contributed by atoms with Crippen molar-refractivity contribution in [2.24, 2.45) is 0 Å². The fourth-order valence-electron chi connectivity index (χ4n) is 1.58. The highest BCUT2D eigenvalue weighted by molar-refractivity contribution is 8.22. The van der Waals surface area contributed by atoms with E-state index in [1.807, 2.05) is 6.07 Å². The second-order valence-electron chi connectivity index (χ2n) is 3.85. The lowest BCUT2D eigenvalue weighted by Crippen LogP contribution is -2.31. The van der Waals surface area contributed by atoms with E-state index < -0.39 is 11.3 Å². The molecule has 0 unspecified atom stereocenters. The van der Waals surface area contributed by atoms with Crippen LogP contribution >= 0.6 is 23.5 Å². The number of furan rings is 1. The molecule has 1 amide bonds. The smallest absolute Gasteiger partial charge is 0.316 e. The van der Waals surface area contributed by atoms with E-state index in [9.17, 15) is 9.59 Å². The Labute approximate surface area is 129 Å². The highest BCUT2D eigenvalue weighted by Crippen LogP contribution is 2.43. The molecule has 1 aromatic rings. The van der Waals surface area contributed by atoms with E-state index in [0.29, 0.717) is 16.6 Å². The average molecular weight is 324 g/mol. The minimum Gasteiger partial charge on any atom is -0.466 e. The number of rotatable bonds is 5. The molecule has 1 atom stereocenters. The van der Waals surface area contributed by atoms with Gasteiger partial charge < -0.3 is 14.5 Å². The SMILES string of the molecule is CCOC(=O)CSC1=C(C#N)C(=O)N[C@@H](c2ccco2)S1. The Morgan fingerprint density at radius 3 is 3.10 bits per heavy atom. The first-order valence-electron chi connectivity index (χ1n) is 6.09. The van der Waals surface area contributed by atoms with Gasteiger partial charge in [0, 0.05) is 0 Å². The molecule has 0 aliphatic carbocycles. The van der Waals surface area contributed by atoms with Crippen LogP contribution in [-0.4, -0.2) is 24.2 Å². The quantitative estimate of drug-likeness (QED) is 0.830. The van der Waals surface area contributed by atoms with Gasteiger partial charge in [-0.15, -0.1) is 11.8 Å². The summed E-state index contributed by atoms with van der Waals surface area (Å²) in [5.41, 5.74) is 0.0112. The number of esters is 1. The van der Waals surface area contributed by atoms with Crippen molar-refractivity contribution in [1.29, 1.82) is 5.26 Å². The number of hydrogen-bond donors (Lipinski definition) is 1. The molecule has 2 heterocycles. The van der Waals surface area contributed by atoms with Gasteiger partial charge in [0.1, 0.15) is 22.8 Å². The van der Waals surface area contributed by atoms with E-state index in [1.54, 1.807) is 19.1 Å². The Balaban J connectivity index is 2.12. The number of amides is 1.